The molecule has 1 heterocycles. The van der Waals surface area contributed by atoms with Gasteiger partial charge in [-0.15, -0.1) is 24.0 Å². The first kappa shape index (κ1) is 19.2. The highest BCUT2D eigenvalue weighted by atomic mass is 127. The van der Waals surface area contributed by atoms with E-state index in [1.165, 1.54) is 0 Å². The van der Waals surface area contributed by atoms with Crippen LogP contribution < -0.4 is 10.6 Å². The number of aromatic nitrogens is 1. The quantitative estimate of drug-likeness (QED) is 0.449. The summed E-state index contributed by atoms with van der Waals surface area (Å²) in [5.74, 6) is 0.803. The molecule has 124 valence electrons. The molecule has 2 rings (SSSR count). The van der Waals surface area contributed by atoms with E-state index in [4.69, 9.17) is 4.74 Å². The van der Waals surface area contributed by atoms with Crippen LogP contribution in [0, 0.1) is 5.41 Å². The highest BCUT2D eigenvalue weighted by Crippen LogP contribution is 2.51. The molecule has 1 fully saturated rings. The molecule has 0 aliphatic heterocycles. The Morgan fingerprint density at radius 3 is 2.64 bits per heavy atom. The van der Waals surface area contributed by atoms with Gasteiger partial charge in [-0.3, -0.25) is 9.98 Å². The Kier molecular flexibility index (Phi) is 6.61. The van der Waals surface area contributed by atoms with Gasteiger partial charge >= 0.3 is 0 Å². The van der Waals surface area contributed by atoms with Crippen molar-refractivity contribution < 1.29 is 4.74 Å². The summed E-state index contributed by atoms with van der Waals surface area (Å²) in [6.45, 7) is 7.28. The smallest absolute Gasteiger partial charge is 0.191 e. The monoisotopic (exact) mass is 418 g/mol. The lowest BCUT2D eigenvalue weighted by atomic mass is 9.56. The number of nitrogens with one attached hydrogen (secondary N) is 2. The zero-order chi connectivity index (χ0) is 15.5. The van der Waals surface area contributed by atoms with Crippen molar-refractivity contribution in [3.05, 3.63) is 30.1 Å². The zero-order valence-corrected chi connectivity index (χ0v) is 16.3. The van der Waals surface area contributed by atoms with Crippen LogP contribution >= 0.6 is 24.0 Å². The second-order valence-electron chi connectivity index (χ2n) is 6.30. The Morgan fingerprint density at radius 1 is 1.41 bits per heavy atom. The predicted octanol–water partition coefficient (Wildman–Crippen LogP) is 2.57. The number of pyridine rings is 1. The van der Waals surface area contributed by atoms with Crippen LogP contribution in [-0.2, 0) is 11.3 Å². The van der Waals surface area contributed by atoms with Crippen LogP contribution in [0.1, 0.15) is 32.9 Å². The first-order chi connectivity index (χ1) is 9.93. The minimum atomic E-state index is -0.0789. The molecule has 1 saturated carbocycles. The summed E-state index contributed by atoms with van der Waals surface area (Å²) in [5, 5.41) is 6.79. The summed E-state index contributed by atoms with van der Waals surface area (Å²) in [5.41, 5.74) is 0.976. The maximum atomic E-state index is 5.65. The second-order valence-corrected chi connectivity index (χ2v) is 6.30. The molecule has 1 aliphatic rings. The molecular weight excluding hydrogens is 391 g/mol. The van der Waals surface area contributed by atoms with E-state index in [1.54, 1.807) is 20.4 Å². The molecule has 0 saturated heterocycles. The predicted molar refractivity (Wildman–Crippen MR) is 101 cm³/mol. The van der Waals surface area contributed by atoms with Crippen molar-refractivity contribution in [2.45, 2.75) is 45.4 Å². The topological polar surface area (TPSA) is 58.5 Å². The molecule has 0 bridgehead atoms. The summed E-state index contributed by atoms with van der Waals surface area (Å²) in [6.07, 6.45) is 2.77. The SMILES string of the molecule is CN=C(NCc1ccccn1)NC1CC(C)(OC)C1(C)C.I. The summed E-state index contributed by atoms with van der Waals surface area (Å²) in [4.78, 5) is 8.59. The summed E-state index contributed by atoms with van der Waals surface area (Å²) < 4.78 is 5.65. The molecule has 2 atom stereocenters. The van der Waals surface area contributed by atoms with Gasteiger partial charge in [-0.05, 0) is 25.5 Å². The number of aliphatic imine (C=N–C) groups is 1. The van der Waals surface area contributed by atoms with Crippen LogP contribution in [0.5, 0.6) is 0 Å². The largest absolute Gasteiger partial charge is 0.378 e. The number of guanidine groups is 1. The Bertz CT molecular complexity index is 506. The lowest BCUT2D eigenvalue weighted by Crippen LogP contribution is -2.69. The van der Waals surface area contributed by atoms with E-state index in [2.05, 4.69) is 41.4 Å². The lowest BCUT2D eigenvalue weighted by molar-refractivity contribution is -0.176. The third kappa shape index (κ3) is 3.71. The maximum absolute atomic E-state index is 5.65. The fourth-order valence-electron chi connectivity index (χ4n) is 2.76. The first-order valence-corrected chi connectivity index (χ1v) is 7.35. The van der Waals surface area contributed by atoms with Gasteiger partial charge in [-0.1, -0.05) is 19.9 Å². The minimum Gasteiger partial charge on any atom is -0.378 e. The lowest BCUT2D eigenvalue weighted by Gasteiger charge is -2.59. The van der Waals surface area contributed by atoms with E-state index < -0.39 is 0 Å². The van der Waals surface area contributed by atoms with E-state index in [0.29, 0.717) is 12.6 Å². The number of halogens is 1. The van der Waals surface area contributed by atoms with E-state index in [1.807, 2.05) is 18.2 Å². The third-order valence-corrected chi connectivity index (χ3v) is 4.98. The first-order valence-electron chi connectivity index (χ1n) is 7.35. The van der Waals surface area contributed by atoms with E-state index in [0.717, 1.165) is 18.1 Å². The van der Waals surface area contributed by atoms with Crippen molar-refractivity contribution in [2.75, 3.05) is 14.2 Å². The van der Waals surface area contributed by atoms with Gasteiger partial charge in [0.1, 0.15) is 0 Å². The standard InChI is InChI=1S/C16H26N4O.HI/c1-15(2)13(10-16(15,3)21-5)20-14(17-4)19-11-12-8-6-7-9-18-12;/h6-9,13H,10-11H2,1-5H3,(H2,17,19,20);1H. The Hall–Kier alpha value is -0.890. The minimum absolute atomic E-state index is 0. The highest BCUT2D eigenvalue weighted by Gasteiger charge is 2.58. The van der Waals surface area contributed by atoms with Crippen LogP contribution in [0.25, 0.3) is 0 Å². The molecule has 1 aromatic rings. The van der Waals surface area contributed by atoms with Crippen molar-refractivity contribution in [3.8, 4) is 0 Å². The van der Waals surface area contributed by atoms with E-state index in [9.17, 15) is 0 Å². The number of ether oxygens (including phenoxy) is 1. The van der Waals surface area contributed by atoms with E-state index in [-0.39, 0.29) is 35.0 Å². The Balaban J connectivity index is 0.00000242. The van der Waals surface area contributed by atoms with Crippen molar-refractivity contribution in [1.29, 1.82) is 0 Å². The fraction of sp³-hybridized carbons (Fsp3) is 0.625. The number of methoxy groups -OCH3 is 1. The van der Waals surface area contributed by atoms with Gasteiger partial charge in [0.2, 0.25) is 0 Å². The van der Waals surface area contributed by atoms with Crippen LogP contribution in [0.4, 0.5) is 0 Å². The van der Waals surface area contributed by atoms with Gasteiger partial charge in [0.05, 0.1) is 17.8 Å². The number of rotatable bonds is 4. The third-order valence-electron chi connectivity index (χ3n) is 4.98. The van der Waals surface area contributed by atoms with Crippen molar-refractivity contribution in [2.24, 2.45) is 10.4 Å². The number of hydrogen-bond donors (Lipinski definition) is 2. The summed E-state index contributed by atoms with van der Waals surface area (Å²) >= 11 is 0. The van der Waals surface area contributed by atoms with Gasteiger partial charge in [0.25, 0.3) is 0 Å². The van der Waals surface area contributed by atoms with Crippen molar-refractivity contribution >= 4 is 29.9 Å². The molecule has 2 unspecified atom stereocenters. The molecule has 2 N–H and O–H groups in total. The Labute approximate surface area is 150 Å². The van der Waals surface area contributed by atoms with Crippen LogP contribution in [0.15, 0.2) is 29.4 Å². The van der Waals surface area contributed by atoms with Crippen molar-refractivity contribution in [1.82, 2.24) is 15.6 Å². The molecule has 0 spiro atoms. The van der Waals surface area contributed by atoms with Crippen molar-refractivity contribution in [3.63, 3.8) is 0 Å². The molecular formula is C16H27IN4O. The molecule has 1 aliphatic carbocycles. The van der Waals surface area contributed by atoms with Gasteiger partial charge < -0.3 is 15.4 Å². The Morgan fingerprint density at radius 2 is 2.14 bits per heavy atom. The summed E-state index contributed by atoms with van der Waals surface area (Å²) in [6, 6.07) is 6.24. The van der Waals surface area contributed by atoms with Crippen LogP contribution in [-0.4, -0.2) is 36.7 Å². The summed E-state index contributed by atoms with van der Waals surface area (Å²) in [7, 11) is 3.57. The molecule has 0 amide bonds. The normalized spacial score (nSPS) is 26.6. The van der Waals surface area contributed by atoms with E-state index >= 15 is 0 Å². The number of nitrogens with zero attached hydrogens (tertiary/aromatic N) is 2. The van der Waals surface area contributed by atoms with Gasteiger partial charge in [-0.2, -0.15) is 0 Å². The molecule has 22 heavy (non-hydrogen) atoms. The molecule has 1 aromatic heterocycles. The van der Waals surface area contributed by atoms with Gasteiger partial charge in [0, 0.05) is 31.8 Å². The maximum Gasteiger partial charge on any atom is 0.191 e. The van der Waals surface area contributed by atoms with Crippen LogP contribution in [0.3, 0.4) is 0 Å². The average molecular weight is 418 g/mol. The zero-order valence-electron chi connectivity index (χ0n) is 14.0. The molecule has 5 nitrogen and oxygen atoms in total. The van der Waals surface area contributed by atoms with Gasteiger partial charge in [0.15, 0.2) is 5.96 Å². The van der Waals surface area contributed by atoms with Gasteiger partial charge in [-0.25, -0.2) is 0 Å². The number of hydrogen-bond acceptors (Lipinski definition) is 3. The average Bonchev–Trinajstić information content (AvgIpc) is 2.50. The second kappa shape index (κ2) is 7.59. The highest BCUT2D eigenvalue weighted by molar-refractivity contribution is 14.0. The molecule has 0 radical (unpaired) electrons. The van der Waals surface area contributed by atoms with Crippen LogP contribution in [0.2, 0.25) is 0 Å². The molecule has 0 aromatic carbocycles. The fourth-order valence-corrected chi connectivity index (χ4v) is 2.76. The molecule has 6 heteroatoms.